The molecule has 0 saturated carbocycles. The minimum Gasteiger partial charge on any atom is -0.454 e. The largest absolute Gasteiger partial charge is 0.454 e. The first kappa shape index (κ1) is 14.3. The Morgan fingerprint density at radius 2 is 2.26 bits per heavy atom. The molecule has 1 saturated heterocycles. The van der Waals surface area contributed by atoms with Crippen molar-refractivity contribution < 1.29 is 19.7 Å². The molecular formula is C15H22O4. The zero-order valence-electron chi connectivity index (χ0n) is 11.5. The maximum atomic E-state index is 11.5. The van der Waals surface area contributed by atoms with E-state index in [9.17, 15) is 15.0 Å². The van der Waals surface area contributed by atoms with Crippen molar-refractivity contribution >= 4 is 5.97 Å². The summed E-state index contributed by atoms with van der Waals surface area (Å²) >= 11 is 0. The highest BCUT2D eigenvalue weighted by Gasteiger charge is 2.41. The van der Waals surface area contributed by atoms with E-state index in [0.29, 0.717) is 24.8 Å². The predicted octanol–water partition coefficient (Wildman–Crippen LogP) is 1.57. The maximum absolute atomic E-state index is 11.5. The summed E-state index contributed by atoms with van der Waals surface area (Å²) in [4.78, 5) is 11.5. The van der Waals surface area contributed by atoms with E-state index in [-0.39, 0.29) is 30.0 Å². The van der Waals surface area contributed by atoms with E-state index in [2.05, 4.69) is 6.58 Å². The Morgan fingerprint density at radius 1 is 1.58 bits per heavy atom. The Hall–Kier alpha value is -1.13. The summed E-state index contributed by atoms with van der Waals surface area (Å²) in [5, 5.41) is 19.6. The summed E-state index contributed by atoms with van der Waals surface area (Å²) in [5.41, 5.74) is 1.52. The van der Waals surface area contributed by atoms with Gasteiger partial charge in [0.15, 0.2) is 0 Å². The van der Waals surface area contributed by atoms with Crippen LogP contribution >= 0.6 is 0 Å². The molecule has 0 aromatic heterocycles. The lowest BCUT2D eigenvalue weighted by Crippen LogP contribution is -2.22. The van der Waals surface area contributed by atoms with Gasteiger partial charge in [-0.15, -0.1) is 0 Å². The van der Waals surface area contributed by atoms with Crippen LogP contribution in [-0.2, 0) is 9.53 Å². The monoisotopic (exact) mass is 266 g/mol. The summed E-state index contributed by atoms with van der Waals surface area (Å²) in [6.07, 6.45) is 2.64. The van der Waals surface area contributed by atoms with Crippen LogP contribution in [0, 0.1) is 11.8 Å². The fraction of sp³-hybridized carbons (Fsp3) is 0.667. The quantitative estimate of drug-likeness (QED) is 0.462. The molecule has 1 fully saturated rings. The summed E-state index contributed by atoms with van der Waals surface area (Å²) in [6.45, 7) is 7.49. The van der Waals surface area contributed by atoms with Crippen LogP contribution in [0.15, 0.2) is 23.8 Å². The maximum Gasteiger partial charge on any atom is 0.334 e. The topological polar surface area (TPSA) is 66.8 Å². The number of carbonyl (C=O) groups is 1. The average Bonchev–Trinajstić information content (AvgIpc) is 2.53. The van der Waals surface area contributed by atoms with Crippen molar-refractivity contribution in [1.29, 1.82) is 0 Å². The van der Waals surface area contributed by atoms with Crippen LogP contribution in [0.1, 0.15) is 33.1 Å². The summed E-state index contributed by atoms with van der Waals surface area (Å²) in [7, 11) is 0. The number of aliphatic hydroxyl groups excluding tert-OH is 2. The van der Waals surface area contributed by atoms with E-state index >= 15 is 0 Å². The van der Waals surface area contributed by atoms with Crippen molar-refractivity contribution in [3.05, 3.63) is 23.8 Å². The lowest BCUT2D eigenvalue weighted by Gasteiger charge is -2.21. The highest BCUT2D eigenvalue weighted by Crippen LogP contribution is 2.38. The number of fused-ring (bicyclic) bond motifs is 1. The van der Waals surface area contributed by atoms with Crippen LogP contribution in [0.5, 0.6) is 0 Å². The van der Waals surface area contributed by atoms with Gasteiger partial charge in [-0.1, -0.05) is 19.1 Å². The van der Waals surface area contributed by atoms with Crippen molar-refractivity contribution in [2.24, 2.45) is 11.8 Å². The average molecular weight is 266 g/mol. The molecule has 2 rings (SSSR count). The van der Waals surface area contributed by atoms with Crippen molar-refractivity contribution in [2.75, 3.05) is 0 Å². The standard InChI is InChI=1S/C15H22O4/c1-8(16)4-5-11-6-14-12(7-13(17)9(11)2)10(3)15(18)19-14/h6,8-9,12-14,16-17H,3-5,7H2,1-2H3/t8-,9-,12+,13+,14+/m1/s1. The Kier molecular flexibility index (Phi) is 4.11. The summed E-state index contributed by atoms with van der Waals surface area (Å²) < 4.78 is 5.30. The van der Waals surface area contributed by atoms with Crippen molar-refractivity contribution in [1.82, 2.24) is 0 Å². The Labute approximate surface area is 113 Å². The molecule has 5 atom stereocenters. The zero-order valence-corrected chi connectivity index (χ0v) is 11.5. The molecule has 0 radical (unpaired) electrons. The molecule has 1 aliphatic heterocycles. The van der Waals surface area contributed by atoms with Crippen LogP contribution in [0.4, 0.5) is 0 Å². The molecule has 106 valence electrons. The molecule has 0 aromatic rings. The number of rotatable bonds is 3. The molecule has 0 amide bonds. The normalized spacial score (nSPS) is 36.3. The highest BCUT2D eigenvalue weighted by molar-refractivity contribution is 5.91. The number of carbonyl (C=O) groups excluding carboxylic acids is 1. The Morgan fingerprint density at radius 3 is 2.89 bits per heavy atom. The number of aliphatic hydroxyl groups is 2. The molecule has 0 aromatic carbocycles. The van der Waals surface area contributed by atoms with Crippen molar-refractivity contribution in [3.63, 3.8) is 0 Å². The van der Waals surface area contributed by atoms with Gasteiger partial charge in [0, 0.05) is 17.4 Å². The van der Waals surface area contributed by atoms with Gasteiger partial charge in [0.1, 0.15) is 6.10 Å². The van der Waals surface area contributed by atoms with Crippen LogP contribution < -0.4 is 0 Å². The lowest BCUT2D eigenvalue weighted by molar-refractivity contribution is -0.137. The van der Waals surface area contributed by atoms with Gasteiger partial charge in [0.25, 0.3) is 0 Å². The van der Waals surface area contributed by atoms with Gasteiger partial charge in [-0.3, -0.25) is 0 Å². The van der Waals surface area contributed by atoms with Gasteiger partial charge in [0.05, 0.1) is 12.2 Å². The van der Waals surface area contributed by atoms with Crippen molar-refractivity contribution in [3.8, 4) is 0 Å². The fourth-order valence-corrected chi connectivity index (χ4v) is 2.82. The van der Waals surface area contributed by atoms with E-state index in [1.165, 1.54) is 0 Å². The molecule has 2 aliphatic rings. The molecule has 4 heteroatoms. The van der Waals surface area contributed by atoms with Gasteiger partial charge in [-0.2, -0.15) is 0 Å². The van der Waals surface area contributed by atoms with Crippen LogP contribution in [-0.4, -0.2) is 34.5 Å². The van der Waals surface area contributed by atoms with Crippen LogP contribution in [0.2, 0.25) is 0 Å². The SMILES string of the molecule is C=C1C(=O)O[C@H]2C=C(CC[C@@H](C)O)[C@@H](C)[C@@H](O)C[C@@H]12. The molecule has 0 bridgehead atoms. The van der Waals surface area contributed by atoms with Crippen molar-refractivity contribution in [2.45, 2.75) is 51.4 Å². The molecule has 0 spiro atoms. The zero-order chi connectivity index (χ0) is 14.2. The molecule has 2 N–H and O–H groups in total. The fourth-order valence-electron chi connectivity index (χ4n) is 2.82. The van der Waals surface area contributed by atoms with Gasteiger partial charge in [0.2, 0.25) is 0 Å². The van der Waals surface area contributed by atoms with E-state index in [4.69, 9.17) is 4.74 Å². The first-order valence-corrected chi connectivity index (χ1v) is 6.86. The third-order valence-electron chi connectivity index (χ3n) is 4.24. The summed E-state index contributed by atoms with van der Waals surface area (Å²) in [5.74, 6) is -0.451. The number of hydrogen-bond acceptors (Lipinski definition) is 4. The first-order chi connectivity index (χ1) is 8.90. The van der Waals surface area contributed by atoms with Gasteiger partial charge in [-0.05, 0) is 32.3 Å². The third kappa shape index (κ3) is 2.90. The predicted molar refractivity (Wildman–Crippen MR) is 71.3 cm³/mol. The molecule has 4 nitrogen and oxygen atoms in total. The van der Waals surface area contributed by atoms with E-state index in [1.807, 2.05) is 13.0 Å². The smallest absolute Gasteiger partial charge is 0.334 e. The Balaban J connectivity index is 2.21. The molecule has 19 heavy (non-hydrogen) atoms. The van der Waals surface area contributed by atoms with E-state index < -0.39 is 6.10 Å². The lowest BCUT2D eigenvalue weighted by atomic mass is 9.88. The van der Waals surface area contributed by atoms with Gasteiger partial charge >= 0.3 is 5.97 Å². The van der Waals surface area contributed by atoms with E-state index in [0.717, 1.165) is 5.57 Å². The van der Waals surface area contributed by atoms with Gasteiger partial charge < -0.3 is 14.9 Å². The van der Waals surface area contributed by atoms with Crippen LogP contribution in [0.3, 0.4) is 0 Å². The number of hydrogen-bond donors (Lipinski definition) is 2. The third-order valence-corrected chi connectivity index (χ3v) is 4.24. The minimum atomic E-state index is -0.499. The molecule has 1 heterocycles. The van der Waals surface area contributed by atoms with Gasteiger partial charge in [-0.25, -0.2) is 4.79 Å². The van der Waals surface area contributed by atoms with E-state index in [1.54, 1.807) is 6.92 Å². The molecule has 0 unspecified atom stereocenters. The summed E-state index contributed by atoms with van der Waals surface area (Å²) in [6, 6.07) is 0. The number of esters is 1. The second kappa shape index (κ2) is 5.47. The highest BCUT2D eigenvalue weighted by atomic mass is 16.6. The first-order valence-electron chi connectivity index (χ1n) is 6.86. The van der Waals surface area contributed by atoms with Crippen LogP contribution in [0.25, 0.3) is 0 Å². The second-order valence-corrected chi connectivity index (χ2v) is 5.72. The Bertz CT molecular complexity index is 410. The minimum absolute atomic E-state index is 0.0239. The number of ether oxygens (including phenoxy) is 1. The second-order valence-electron chi connectivity index (χ2n) is 5.72. The molecule has 1 aliphatic carbocycles. The molecular weight excluding hydrogens is 244 g/mol.